The van der Waals surface area contributed by atoms with Gasteiger partial charge in [-0.3, -0.25) is 5.41 Å². The first kappa shape index (κ1) is 12.5. The molecule has 2 unspecified atom stereocenters. The van der Waals surface area contributed by atoms with E-state index in [1.165, 1.54) is 25.7 Å². The van der Waals surface area contributed by atoms with Crippen LogP contribution in [0.4, 0.5) is 0 Å². The van der Waals surface area contributed by atoms with Gasteiger partial charge in [-0.15, -0.1) is 0 Å². The van der Waals surface area contributed by atoms with Gasteiger partial charge in [0.15, 0.2) is 0 Å². The Morgan fingerprint density at radius 3 is 2.20 bits per heavy atom. The number of rotatable bonds is 1. The van der Waals surface area contributed by atoms with Gasteiger partial charge in [0.25, 0.3) is 0 Å². The maximum Gasteiger partial charge on any atom is 0.101 e. The Balaban J connectivity index is 2.66. The van der Waals surface area contributed by atoms with E-state index in [4.69, 9.17) is 5.41 Å². The zero-order chi connectivity index (χ0) is 11.6. The fraction of sp³-hybridized carbons (Fsp3) is 0.923. The van der Waals surface area contributed by atoms with Gasteiger partial charge < -0.3 is 4.90 Å². The molecule has 2 nitrogen and oxygen atoms in total. The second kappa shape index (κ2) is 4.54. The smallest absolute Gasteiger partial charge is 0.101 e. The van der Waals surface area contributed by atoms with Crippen LogP contribution in [-0.4, -0.2) is 23.8 Å². The molecule has 0 saturated heterocycles. The summed E-state index contributed by atoms with van der Waals surface area (Å²) in [6.07, 6.45) is 5.29. The Kier molecular flexibility index (Phi) is 3.80. The molecule has 0 amide bonds. The third-order valence-corrected chi connectivity index (χ3v) is 3.63. The predicted octanol–water partition coefficient (Wildman–Crippen LogP) is 3.52. The molecule has 1 rings (SSSR count). The number of hydrogen-bond donors (Lipinski definition) is 1. The molecule has 0 heterocycles. The lowest BCUT2D eigenvalue weighted by atomic mass is 9.83. The molecule has 0 aromatic rings. The normalized spacial score (nSPS) is 27.5. The SMILES string of the molecule is CC1CCCCC1N(C)C(=N)C(C)(C)C. The van der Waals surface area contributed by atoms with Crippen molar-refractivity contribution < 1.29 is 0 Å². The zero-order valence-corrected chi connectivity index (χ0v) is 10.9. The van der Waals surface area contributed by atoms with E-state index in [2.05, 4.69) is 39.6 Å². The second-order valence-electron chi connectivity index (χ2n) is 6.04. The summed E-state index contributed by atoms with van der Waals surface area (Å²) in [5.41, 5.74) is -0.0219. The van der Waals surface area contributed by atoms with Crippen molar-refractivity contribution in [3.05, 3.63) is 0 Å². The van der Waals surface area contributed by atoms with Crippen molar-refractivity contribution in [1.29, 1.82) is 5.41 Å². The molecule has 0 aromatic carbocycles. The van der Waals surface area contributed by atoms with Crippen LogP contribution in [0.1, 0.15) is 53.4 Å². The van der Waals surface area contributed by atoms with Crippen LogP contribution < -0.4 is 0 Å². The first-order valence-corrected chi connectivity index (χ1v) is 6.16. The Labute approximate surface area is 94.6 Å². The highest BCUT2D eigenvalue weighted by Crippen LogP contribution is 2.30. The molecule has 15 heavy (non-hydrogen) atoms. The van der Waals surface area contributed by atoms with Crippen LogP contribution in [0, 0.1) is 16.7 Å². The predicted molar refractivity (Wildman–Crippen MR) is 66.4 cm³/mol. The molecule has 0 aromatic heterocycles. The summed E-state index contributed by atoms with van der Waals surface area (Å²) in [4.78, 5) is 2.21. The van der Waals surface area contributed by atoms with E-state index in [-0.39, 0.29) is 5.41 Å². The van der Waals surface area contributed by atoms with Gasteiger partial charge >= 0.3 is 0 Å². The van der Waals surface area contributed by atoms with Gasteiger partial charge in [0, 0.05) is 18.5 Å². The molecule has 1 fully saturated rings. The van der Waals surface area contributed by atoms with E-state index < -0.39 is 0 Å². The second-order valence-corrected chi connectivity index (χ2v) is 6.04. The summed E-state index contributed by atoms with van der Waals surface area (Å²) in [6.45, 7) is 8.70. The molecule has 2 heteroatoms. The topological polar surface area (TPSA) is 27.1 Å². The molecule has 88 valence electrons. The van der Waals surface area contributed by atoms with Crippen molar-refractivity contribution in [2.24, 2.45) is 11.3 Å². The summed E-state index contributed by atoms with van der Waals surface area (Å²) in [6, 6.07) is 0.588. The number of hydrogen-bond acceptors (Lipinski definition) is 1. The zero-order valence-electron chi connectivity index (χ0n) is 10.9. The van der Waals surface area contributed by atoms with Gasteiger partial charge in [0.1, 0.15) is 5.84 Å². The molecule has 0 bridgehead atoms. The third kappa shape index (κ3) is 2.96. The Hall–Kier alpha value is -0.530. The van der Waals surface area contributed by atoms with Gasteiger partial charge in [-0.05, 0) is 18.8 Å². The molecular formula is C13H26N2. The minimum absolute atomic E-state index is 0.0219. The van der Waals surface area contributed by atoms with Crippen LogP contribution in [-0.2, 0) is 0 Å². The highest BCUT2D eigenvalue weighted by atomic mass is 15.2. The molecule has 1 saturated carbocycles. The Morgan fingerprint density at radius 2 is 1.73 bits per heavy atom. The molecular weight excluding hydrogens is 184 g/mol. The van der Waals surface area contributed by atoms with Crippen LogP contribution in [0.2, 0.25) is 0 Å². The molecule has 0 radical (unpaired) electrons. The number of nitrogens with one attached hydrogen (secondary N) is 1. The standard InChI is InChI=1S/C13H26N2/c1-10-8-6-7-9-11(10)15(5)12(14)13(2,3)4/h10-11,14H,6-9H2,1-5H3. The van der Waals surface area contributed by atoms with Crippen molar-refractivity contribution in [3.63, 3.8) is 0 Å². The lowest BCUT2D eigenvalue weighted by Crippen LogP contribution is -2.46. The highest BCUT2D eigenvalue weighted by molar-refractivity contribution is 5.84. The van der Waals surface area contributed by atoms with Crippen molar-refractivity contribution in [3.8, 4) is 0 Å². The van der Waals surface area contributed by atoms with E-state index in [0.29, 0.717) is 6.04 Å². The monoisotopic (exact) mass is 210 g/mol. The van der Waals surface area contributed by atoms with Crippen LogP contribution in [0.25, 0.3) is 0 Å². The van der Waals surface area contributed by atoms with E-state index >= 15 is 0 Å². The minimum atomic E-state index is -0.0219. The molecule has 0 spiro atoms. The molecule has 0 aliphatic heterocycles. The third-order valence-electron chi connectivity index (χ3n) is 3.63. The molecule has 1 N–H and O–H groups in total. The van der Waals surface area contributed by atoms with Gasteiger partial charge in [-0.2, -0.15) is 0 Å². The van der Waals surface area contributed by atoms with E-state index in [1.54, 1.807) is 0 Å². The summed E-state index contributed by atoms with van der Waals surface area (Å²) >= 11 is 0. The lowest BCUT2D eigenvalue weighted by molar-refractivity contribution is 0.193. The van der Waals surface area contributed by atoms with Gasteiger partial charge in [-0.25, -0.2) is 0 Å². The van der Waals surface area contributed by atoms with Crippen molar-refractivity contribution in [2.45, 2.75) is 59.4 Å². The fourth-order valence-electron chi connectivity index (χ4n) is 2.57. The lowest BCUT2D eigenvalue weighted by Gasteiger charge is -2.41. The minimum Gasteiger partial charge on any atom is -0.360 e. The van der Waals surface area contributed by atoms with Crippen LogP contribution >= 0.6 is 0 Å². The maximum atomic E-state index is 8.20. The highest BCUT2D eigenvalue weighted by Gasteiger charge is 2.30. The van der Waals surface area contributed by atoms with Gasteiger partial charge in [0.05, 0.1) is 0 Å². The average Bonchev–Trinajstić information content (AvgIpc) is 2.15. The number of nitrogens with zero attached hydrogens (tertiary/aromatic N) is 1. The van der Waals surface area contributed by atoms with Gasteiger partial charge in [-0.1, -0.05) is 40.5 Å². The van der Waals surface area contributed by atoms with Crippen LogP contribution in [0.5, 0.6) is 0 Å². The van der Waals surface area contributed by atoms with Gasteiger partial charge in [0.2, 0.25) is 0 Å². The van der Waals surface area contributed by atoms with E-state index in [0.717, 1.165) is 11.8 Å². The fourth-order valence-corrected chi connectivity index (χ4v) is 2.57. The van der Waals surface area contributed by atoms with E-state index in [9.17, 15) is 0 Å². The first-order chi connectivity index (χ1) is 6.84. The molecule has 1 aliphatic rings. The first-order valence-electron chi connectivity index (χ1n) is 6.16. The van der Waals surface area contributed by atoms with Crippen LogP contribution in [0.15, 0.2) is 0 Å². The molecule has 2 atom stereocenters. The van der Waals surface area contributed by atoms with E-state index in [1.807, 2.05) is 0 Å². The summed E-state index contributed by atoms with van der Waals surface area (Å²) in [7, 11) is 2.10. The largest absolute Gasteiger partial charge is 0.360 e. The number of amidine groups is 1. The quantitative estimate of drug-likeness (QED) is 0.520. The van der Waals surface area contributed by atoms with Crippen LogP contribution in [0.3, 0.4) is 0 Å². The van der Waals surface area contributed by atoms with Crippen molar-refractivity contribution in [1.82, 2.24) is 4.90 Å². The summed E-state index contributed by atoms with van der Waals surface area (Å²) in [5.74, 6) is 1.52. The maximum absolute atomic E-state index is 8.20. The Morgan fingerprint density at radius 1 is 1.20 bits per heavy atom. The molecule has 1 aliphatic carbocycles. The van der Waals surface area contributed by atoms with Crippen molar-refractivity contribution >= 4 is 5.84 Å². The average molecular weight is 210 g/mol. The summed E-state index contributed by atoms with van der Waals surface area (Å²) in [5, 5.41) is 8.20. The Bertz CT molecular complexity index is 227. The summed E-state index contributed by atoms with van der Waals surface area (Å²) < 4.78 is 0. The van der Waals surface area contributed by atoms with Crippen molar-refractivity contribution in [2.75, 3.05) is 7.05 Å².